The molecule has 26 heavy (non-hydrogen) atoms. The number of H-pyrrole nitrogens is 1. The molecule has 1 aliphatic carbocycles. The predicted molar refractivity (Wildman–Crippen MR) is 82.1 cm³/mol. The summed E-state index contributed by atoms with van der Waals surface area (Å²) in [5, 5.41) is 5.76. The van der Waals surface area contributed by atoms with E-state index in [1.807, 2.05) is 0 Å². The number of rotatable bonds is 3. The Hall–Kier alpha value is -2.17. The van der Waals surface area contributed by atoms with Crippen LogP contribution in [0.4, 0.5) is 13.2 Å². The Labute approximate surface area is 145 Å². The first-order valence-corrected chi connectivity index (χ1v) is 8.08. The van der Waals surface area contributed by atoms with E-state index in [1.165, 1.54) is 12.1 Å². The highest BCUT2D eigenvalue weighted by atomic mass is 19.4. The number of alkyl halides is 3. The number of hydrogen-bond donors (Lipinski definition) is 2. The minimum atomic E-state index is -4.50. The van der Waals surface area contributed by atoms with Crippen molar-refractivity contribution < 1.29 is 27.1 Å². The zero-order valence-corrected chi connectivity index (χ0v) is 13.5. The van der Waals surface area contributed by atoms with E-state index in [1.54, 1.807) is 0 Å². The first-order chi connectivity index (χ1) is 12.3. The highest BCUT2D eigenvalue weighted by Gasteiger charge is 2.49. The summed E-state index contributed by atoms with van der Waals surface area (Å²) in [4.78, 5) is 11.1. The van der Waals surface area contributed by atoms with Crippen molar-refractivity contribution in [1.82, 2.24) is 10.2 Å². The van der Waals surface area contributed by atoms with E-state index >= 15 is 0 Å². The minimum absolute atomic E-state index is 0.0571. The van der Waals surface area contributed by atoms with Crippen molar-refractivity contribution in [3.8, 4) is 11.5 Å². The second-order valence-corrected chi connectivity index (χ2v) is 6.52. The molecular weight excluding hydrogens is 355 g/mol. The molecule has 2 aromatic rings. The quantitative estimate of drug-likeness (QED) is 0.854. The second kappa shape index (κ2) is 6.22. The molecule has 4 rings (SSSR count). The number of nitrogens with zero attached hydrogens (tertiary/aromatic N) is 1. The summed E-state index contributed by atoms with van der Waals surface area (Å²) in [5.41, 5.74) is 5.38. The normalized spacial score (nSPS) is 28.9. The van der Waals surface area contributed by atoms with Crippen molar-refractivity contribution in [2.75, 3.05) is 13.2 Å². The monoisotopic (exact) mass is 371 g/mol. The first-order valence-electron chi connectivity index (χ1n) is 8.08. The van der Waals surface area contributed by atoms with E-state index in [9.17, 15) is 18.0 Å². The number of aromatic nitrogens is 2. The van der Waals surface area contributed by atoms with Crippen LogP contribution in [0.5, 0.6) is 0 Å². The molecule has 10 heteroatoms. The summed E-state index contributed by atoms with van der Waals surface area (Å²) in [6.45, 7) is 0.636. The zero-order valence-electron chi connectivity index (χ0n) is 13.5. The Morgan fingerprint density at radius 3 is 2.58 bits per heavy atom. The van der Waals surface area contributed by atoms with Crippen molar-refractivity contribution in [1.29, 1.82) is 0 Å². The smallest absolute Gasteiger partial charge is 0.388 e. The van der Waals surface area contributed by atoms with Crippen LogP contribution in [0.15, 0.2) is 27.4 Å². The van der Waals surface area contributed by atoms with Crippen LogP contribution in [0.2, 0.25) is 0 Å². The van der Waals surface area contributed by atoms with Crippen LogP contribution < -0.4 is 11.5 Å². The summed E-state index contributed by atoms with van der Waals surface area (Å²) < 4.78 is 56.1. The summed E-state index contributed by atoms with van der Waals surface area (Å²) in [6.07, 6.45) is -4.55. The Kier molecular flexibility index (Phi) is 4.13. The standard InChI is InChI=1S/C16H16F3N3O4/c17-16(18,19)12-2-1-7(13-21-22-15(23)26-13)3-10(12)9-4-11(9)14-24-5-8(20)6-25-14/h1-3,8-9,11,14H,4-6,20H2,(H,22,23)/t8?,9-,11+,14?/m0/s1. The minimum Gasteiger partial charge on any atom is -0.388 e. The van der Waals surface area contributed by atoms with Crippen LogP contribution in [0, 0.1) is 5.92 Å². The van der Waals surface area contributed by atoms with Crippen molar-refractivity contribution in [3.05, 3.63) is 39.9 Å². The predicted octanol–water partition coefficient (Wildman–Crippen LogP) is 1.85. The summed E-state index contributed by atoms with van der Waals surface area (Å²) in [7, 11) is 0. The maximum absolute atomic E-state index is 13.4. The van der Waals surface area contributed by atoms with Crippen LogP contribution in [-0.4, -0.2) is 35.7 Å². The Bertz CT molecular complexity index is 855. The van der Waals surface area contributed by atoms with E-state index in [4.69, 9.17) is 19.6 Å². The molecule has 1 aromatic heterocycles. The molecule has 3 N–H and O–H groups in total. The topological polar surface area (TPSA) is 103 Å². The summed E-state index contributed by atoms with van der Waals surface area (Å²) in [6, 6.07) is 3.35. The fraction of sp³-hybridized carbons (Fsp3) is 0.500. The fourth-order valence-corrected chi connectivity index (χ4v) is 3.27. The lowest BCUT2D eigenvalue weighted by Crippen LogP contribution is -2.42. The third kappa shape index (κ3) is 3.27. The number of nitrogens with two attached hydrogens (primary N) is 1. The molecule has 0 unspecified atom stereocenters. The largest absolute Gasteiger partial charge is 0.434 e. The number of aromatic amines is 1. The SMILES string of the molecule is NC1COC([C@@H]2C[C@H]2c2cc(-c3n[nH]c(=O)o3)ccc2C(F)(F)F)OC1. The van der Waals surface area contributed by atoms with Gasteiger partial charge in [-0.2, -0.15) is 13.2 Å². The Morgan fingerprint density at radius 2 is 1.96 bits per heavy atom. The van der Waals surface area contributed by atoms with Gasteiger partial charge in [0.25, 0.3) is 0 Å². The second-order valence-electron chi connectivity index (χ2n) is 6.52. The van der Waals surface area contributed by atoms with Gasteiger partial charge in [-0.3, -0.25) is 0 Å². The maximum Gasteiger partial charge on any atom is 0.434 e. The molecule has 0 bridgehead atoms. The van der Waals surface area contributed by atoms with Crippen molar-refractivity contribution in [2.24, 2.45) is 11.7 Å². The molecule has 140 valence electrons. The van der Waals surface area contributed by atoms with Crippen LogP contribution in [0.1, 0.15) is 23.5 Å². The molecule has 2 aliphatic rings. The lowest BCUT2D eigenvalue weighted by molar-refractivity contribution is -0.196. The number of benzene rings is 1. The lowest BCUT2D eigenvalue weighted by Gasteiger charge is -2.27. The molecular formula is C16H16F3N3O4. The molecule has 0 amide bonds. The van der Waals surface area contributed by atoms with Crippen LogP contribution in [0.3, 0.4) is 0 Å². The van der Waals surface area contributed by atoms with Crippen molar-refractivity contribution in [3.63, 3.8) is 0 Å². The van der Waals surface area contributed by atoms with E-state index in [0.29, 0.717) is 25.2 Å². The summed E-state index contributed by atoms with van der Waals surface area (Å²) in [5.74, 6) is -1.37. The van der Waals surface area contributed by atoms with Gasteiger partial charge in [-0.05, 0) is 36.1 Å². The fourth-order valence-electron chi connectivity index (χ4n) is 3.27. The Morgan fingerprint density at radius 1 is 1.23 bits per heavy atom. The molecule has 1 aliphatic heterocycles. The van der Waals surface area contributed by atoms with Crippen molar-refractivity contribution in [2.45, 2.75) is 30.8 Å². The van der Waals surface area contributed by atoms with E-state index in [2.05, 4.69) is 10.2 Å². The number of nitrogens with one attached hydrogen (secondary N) is 1. The molecule has 1 aromatic carbocycles. The number of hydrogen-bond acceptors (Lipinski definition) is 6. The zero-order chi connectivity index (χ0) is 18.5. The highest BCUT2D eigenvalue weighted by Crippen LogP contribution is 2.54. The summed E-state index contributed by atoms with van der Waals surface area (Å²) >= 11 is 0. The van der Waals surface area contributed by atoms with Gasteiger partial charge in [0.2, 0.25) is 5.89 Å². The van der Waals surface area contributed by atoms with Crippen LogP contribution in [-0.2, 0) is 15.7 Å². The van der Waals surface area contributed by atoms with Gasteiger partial charge in [-0.25, -0.2) is 9.89 Å². The van der Waals surface area contributed by atoms with Crippen LogP contribution in [0.25, 0.3) is 11.5 Å². The van der Waals surface area contributed by atoms with Gasteiger partial charge in [0.1, 0.15) is 0 Å². The lowest BCUT2D eigenvalue weighted by atomic mass is 9.98. The average Bonchev–Trinajstić information content (AvgIpc) is 3.27. The molecule has 2 heterocycles. The number of halogens is 3. The van der Waals surface area contributed by atoms with Gasteiger partial charge in [-0.1, -0.05) is 0 Å². The molecule has 7 nitrogen and oxygen atoms in total. The van der Waals surface area contributed by atoms with Gasteiger partial charge >= 0.3 is 11.9 Å². The highest BCUT2D eigenvalue weighted by molar-refractivity contribution is 5.57. The Balaban J connectivity index is 1.64. The average molecular weight is 371 g/mol. The van der Waals surface area contributed by atoms with Gasteiger partial charge < -0.3 is 19.6 Å². The molecule has 1 saturated carbocycles. The van der Waals surface area contributed by atoms with E-state index in [0.717, 1.165) is 6.07 Å². The molecule has 0 radical (unpaired) electrons. The van der Waals surface area contributed by atoms with Crippen LogP contribution >= 0.6 is 0 Å². The third-order valence-electron chi connectivity index (χ3n) is 4.58. The van der Waals surface area contributed by atoms with E-state index in [-0.39, 0.29) is 29.3 Å². The molecule has 0 spiro atoms. The van der Waals surface area contributed by atoms with E-state index < -0.39 is 23.8 Å². The van der Waals surface area contributed by atoms with Gasteiger partial charge in [0.15, 0.2) is 6.29 Å². The molecule has 2 atom stereocenters. The molecule has 1 saturated heterocycles. The third-order valence-corrected chi connectivity index (χ3v) is 4.58. The van der Waals surface area contributed by atoms with Gasteiger partial charge in [0.05, 0.1) is 24.8 Å². The number of ether oxygens (including phenoxy) is 2. The first kappa shape index (κ1) is 17.3. The van der Waals surface area contributed by atoms with Gasteiger partial charge in [-0.15, -0.1) is 5.10 Å². The maximum atomic E-state index is 13.4. The van der Waals surface area contributed by atoms with Gasteiger partial charge in [0, 0.05) is 11.5 Å². The van der Waals surface area contributed by atoms with Crippen molar-refractivity contribution >= 4 is 0 Å². The molecule has 2 fully saturated rings.